The van der Waals surface area contributed by atoms with E-state index in [1.807, 2.05) is 5.43 Å². The zero-order chi connectivity index (χ0) is 14.0. The second kappa shape index (κ2) is 4.76. The quantitative estimate of drug-likeness (QED) is 0.499. The Bertz CT molecular complexity index is 588. The van der Waals surface area contributed by atoms with E-state index < -0.39 is 17.6 Å². The van der Waals surface area contributed by atoms with Crippen LogP contribution in [0.4, 0.5) is 13.2 Å². The number of nitrogens with two attached hydrogens (primary N) is 1. The van der Waals surface area contributed by atoms with Gasteiger partial charge in [-0.1, -0.05) is 0 Å². The maximum absolute atomic E-state index is 12.4. The molecule has 0 radical (unpaired) electrons. The fourth-order valence-corrected chi connectivity index (χ4v) is 1.50. The van der Waals surface area contributed by atoms with Gasteiger partial charge in [0.25, 0.3) is 0 Å². The highest BCUT2D eigenvalue weighted by Crippen LogP contribution is 2.28. The summed E-state index contributed by atoms with van der Waals surface area (Å²) in [6.07, 6.45) is -1.65. The molecule has 2 aromatic rings. The predicted molar refractivity (Wildman–Crippen MR) is 56.7 cm³/mol. The maximum atomic E-state index is 12.4. The summed E-state index contributed by atoms with van der Waals surface area (Å²) in [5, 5.41) is 3.58. The molecule has 2 heterocycles. The number of carbonyl (C=O) groups is 1. The molecule has 19 heavy (non-hydrogen) atoms. The molecule has 1 amide bonds. The Morgan fingerprint density at radius 1 is 1.53 bits per heavy atom. The van der Waals surface area contributed by atoms with Gasteiger partial charge in [-0.2, -0.15) is 18.3 Å². The van der Waals surface area contributed by atoms with Crippen molar-refractivity contribution in [2.24, 2.45) is 5.84 Å². The number of hydrogen-bond acceptors (Lipinski definition) is 4. The number of nitrogens with one attached hydrogen (secondary N) is 1. The van der Waals surface area contributed by atoms with E-state index >= 15 is 0 Å². The third-order valence-corrected chi connectivity index (χ3v) is 2.38. The first kappa shape index (κ1) is 13.1. The first-order chi connectivity index (χ1) is 8.91. The van der Waals surface area contributed by atoms with Crippen molar-refractivity contribution < 1.29 is 22.4 Å². The average Bonchev–Trinajstić information content (AvgIpc) is 2.97. The van der Waals surface area contributed by atoms with Crippen molar-refractivity contribution in [2.45, 2.75) is 12.7 Å². The van der Waals surface area contributed by atoms with Crippen LogP contribution in [0.5, 0.6) is 0 Å². The lowest BCUT2D eigenvalue weighted by atomic mass is 10.2. The normalized spacial score (nSPS) is 11.6. The molecule has 0 saturated heterocycles. The number of hydrogen-bond donors (Lipinski definition) is 2. The van der Waals surface area contributed by atoms with Crippen LogP contribution in [0.25, 0.3) is 0 Å². The summed E-state index contributed by atoms with van der Waals surface area (Å²) < 4.78 is 43.1. The fourth-order valence-electron chi connectivity index (χ4n) is 1.50. The number of furan rings is 1. The van der Waals surface area contributed by atoms with Crippen LogP contribution in [0.2, 0.25) is 0 Å². The van der Waals surface area contributed by atoms with Gasteiger partial charge >= 0.3 is 12.1 Å². The van der Waals surface area contributed by atoms with Crippen molar-refractivity contribution in [3.05, 3.63) is 41.6 Å². The molecule has 0 spiro atoms. The van der Waals surface area contributed by atoms with Crippen molar-refractivity contribution in [2.75, 3.05) is 0 Å². The molecule has 0 aliphatic heterocycles. The maximum Gasteiger partial charge on any atom is 0.419 e. The summed E-state index contributed by atoms with van der Waals surface area (Å²) >= 11 is 0. The Kier molecular flexibility index (Phi) is 3.30. The molecule has 2 aromatic heterocycles. The number of hydrazine groups is 1. The first-order valence-electron chi connectivity index (χ1n) is 5.09. The third kappa shape index (κ3) is 2.76. The predicted octanol–water partition coefficient (Wildman–Crippen LogP) is 1.15. The molecule has 0 aliphatic carbocycles. The Morgan fingerprint density at radius 2 is 2.26 bits per heavy atom. The number of rotatable bonds is 3. The summed E-state index contributed by atoms with van der Waals surface area (Å²) in [6, 6.07) is 1.46. The molecular formula is C10H9F3N4O2. The average molecular weight is 274 g/mol. The third-order valence-electron chi connectivity index (χ3n) is 2.38. The summed E-state index contributed by atoms with van der Waals surface area (Å²) in [5.74, 6) is 4.23. The molecule has 6 nitrogen and oxygen atoms in total. The minimum absolute atomic E-state index is 0.0324. The van der Waals surface area contributed by atoms with Crippen LogP contribution in [0.3, 0.4) is 0 Å². The van der Waals surface area contributed by atoms with Crippen molar-refractivity contribution in [1.29, 1.82) is 0 Å². The van der Waals surface area contributed by atoms with Crippen molar-refractivity contribution >= 4 is 5.91 Å². The monoisotopic (exact) mass is 274 g/mol. The molecule has 102 valence electrons. The molecule has 0 aliphatic rings. The van der Waals surface area contributed by atoms with Crippen LogP contribution >= 0.6 is 0 Å². The number of nitrogens with zero attached hydrogens (tertiary/aromatic N) is 2. The van der Waals surface area contributed by atoms with Gasteiger partial charge in [0.2, 0.25) is 0 Å². The van der Waals surface area contributed by atoms with Gasteiger partial charge in [-0.05, 0) is 6.07 Å². The van der Waals surface area contributed by atoms with Crippen LogP contribution in [0.15, 0.2) is 29.1 Å². The second-order valence-corrected chi connectivity index (χ2v) is 3.67. The van der Waals surface area contributed by atoms with Crippen LogP contribution in [0.1, 0.15) is 21.7 Å². The molecule has 2 rings (SSSR count). The van der Waals surface area contributed by atoms with E-state index in [0.29, 0.717) is 11.8 Å². The van der Waals surface area contributed by atoms with Gasteiger partial charge in [-0.15, -0.1) is 0 Å². The van der Waals surface area contributed by atoms with E-state index in [9.17, 15) is 18.0 Å². The summed E-state index contributed by atoms with van der Waals surface area (Å²) in [5.41, 5.74) is 1.40. The molecule has 0 aromatic carbocycles. The fraction of sp³-hybridized carbons (Fsp3) is 0.200. The largest absolute Gasteiger partial charge is 0.459 e. The highest BCUT2D eigenvalue weighted by Gasteiger charge is 2.32. The van der Waals surface area contributed by atoms with Crippen LogP contribution in [0, 0.1) is 0 Å². The van der Waals surface area contributed by atoms with Crippen molar-refractivity contribution in [3.8, 4) is 0 Å². The van der Waals surface area contributed by atoms with E-state index in [4.69, 9.17) is 10.3 Å². The molecule has 0 saturated carbocycles. The lowest BCUT2D eigenvalue weighted by Gasteiger charge is -2.03. The van der Waals surface area contributed by atoms with Gasteiger partial charge in [0.05, 0.1) is 24.6 Å². The second-order valence-electron chi connectivity index (χ2n) is 3.67. The zero-order valence-corrected chi connectivity index (χ0v) is 9.44. The van der Waals surface area contributed by atoms with Gasteiger partial charge in [0.1, 0.15) is 0 Å². The Morgan fingerprint density at radius 3 is 2.84 bits per heavy atom. The smallest absolute Gasteiger partial charge is 0.419 e. The van der Waals surface area contributed by atoms with Gasteiger partial charge in [-0.25, -0.2) is 5.84 Å². The summed E-state index contributed by atoms with van der Waals surface area (Å²) in [7, 11) is 0. The minimum Gasteiger partial charge on any atom is -0.459 e. The number of amides is 1. The van der Waals surface area contributed by atoms with Crippen LogP contribution in [-0.2, 0) is 12.7 Å². The van der Waals surface area contributed by atoms with Gasteiger partial charge < -0.3 is 4.42 Å². The number of nitrogen functional groups attached to an aromatic ring is 1. The number of carbonyl (C=O) groups excluding carboxylic acids is 1. The molecule has 0 fully saturated rings. The molecule has 0 unspecified atom stereocenters. The lowest BCUT2D eigenvalue weighted by molar-refractivity contribution is -0.137. The van der Waals surface area contributed by atoms with E-state index in [2.05, 4.69) is 5.10 Å². The minimum atomic E-state index is -4.45. The highest BCUT2D eigenvalue weighted by molar-refractivity contribution is 5.92. The molecule has 3 N–H and O–H groups in total. The van der Waals surface area contributed by atoms with E-state index in [1.165, 1.54) is 12.3 Å². The molecule has 0 atom stereocenters. The first-order valence-corrected chi connectivity index (χ1v) is 5.09. The van der Waals surface area contributed by atoms with Crippen LogP contribution < -0.4 is 11.3 Å². The van der Waals surface area contributed by atoms with Crippen molar-refractivity contribution in [3.63, 3.8) is 0 Å². The van der Waals surface area contributed by atoms with Crippen molar-refractivity contribution in [1.82, 2.24) is 15.2 Å². The van der Waals surface area contributed by atoms with Gasteiger partial charge in [0.15, 0.2) is 5.76 Å². The molecule has 0 bridgehead atoms. The standard InChI is InChI=1S/C10H9F3N4O2/c11-10(12,13)7-3-15-17(5-7)4-6-1-2-19-8(6)9(18)16-14/h1-3,5H,4,14H2,(H,16,18). The number of aromatic nitrogens is 2. The zero-order valence-electron chi connectivity index (χ0n) is 9.44. The Balaban J connectivity index is 2.20. The molecular weight excluding hydrogens is 265 g/mol. The topological polar surface area (TPSA) is 86.1 Å². The van der Waals surface area contributed by atoms with E-state index in [-0.39, 0.29) is 12.3 Å². The molecule has 9 heteroatoms. The number of halogens is 3. The van der Waals surface area contributed by atoms with E-state index in [1.54, 1.807) is 0 Å². The van der Waals surface area contributed by atoms with E-state index in [0.717, 1.165) is 10.9 Å². The van der Waals surface area contributed by atoms with Crippen LogP contribution in [-0.4, -0.2) is 15.7 Å². The lowest BCUT2D eigenvalue weighted by Crippen LogP contribution is -2.30. The summed E-state index contributed by atoms with van der Waals surface area (Å²) in [4.78, 5) is 11.3. The van der Waals surface area contributed by atoms with Gasteiger partial charge in [0, 0.05) is 11.8 Å². The Hall–Kier alpha value is -2.29. The summed E-state index contributed by atoms with van der Waals surface area (Å²) in [6.45, 7) is -0.0324. The Labute approximate surface area is 105 Å². The highest BCUT2D eigenvalue weighted by atomic mass is 19.4. The number of alkyl halides is 3. The SMILES string of the molecule is NNC(=O)c1occc1Cn1cc(C(F)(F)F)cn1. The van der Waals surface area contributed by atoms with Gasteiger partial charge in [-0.3, -0.25) is 14.9 Å².